The van der Waals surface area contributed by atoms with Crippen molar-refractivity contribution in [1.82, 2.24) is 0 Å². The largest absolute Gasteiger partial charge is 1.00 e. The third kappa shape index (κ3) is 3.08. The highest BCUT2D eigenvalue weighted by Gasteiger charge is 2.60. The molecule has 3 aliphatic heterocycles. The van der Waals surface area contributed by atoms with E-state index in [4.69, 9.17) is 0 Å². The molecule has 0 atom stereocenters. The standard InChI is InChI=1S/C24H30NO.BrH/c26-24(21-7-3-1-4-8-21,22-9-5-2-6-10-22)23-13-16-25(17-14-23,18-15-23)19-20-11-12-20;/h1-10,20,26H,11-19H2;1H/q+1;/p-1. The van der Waals surface area contributed by atoms with Crippen molar-refractivity contribution >= 4 is 0 Å². The minimum atomic E-state index is -0.883. The van der Waals surface area contributed by atoms with E-state index in [0.717, 1.165) is 36.3 Å². The van der Waals surface area contributed by atoms with Gasteiger partial charge in [0, 0.05) is 30.6 Å². The molecule has 0 unspecified atom stereocenters. The SMILES string of the molecule is OC(c1ccccc1)(c1ccccc1)C12CC[N+](CC3CC3)(CC1)CC2.[Br-]. The van der Waals surface area contributed by atoms with Gasteiger partial charge >= 0.3 is 0 Å². The lowest BCUT2D eigenvalue weighted by Crippen LogP contribution is -3.00. The van der Waals surface area contributed by atoms with E-state index in [9.17, 15) is 5.11 Å². The van der Waals surface area contributed by atoms with E-state index < -0.39 is 5.60 Å². The number of aliphatic hydroxyl groups is 1. The molecule has 1 saturated carbocycles. The Morgan fingerprint density at radius 3 is 1.67 bits per heavy atom. The van der Waals surface area contributed by atoms with Crippen LogP contribution < -0.4 is 17.0 Å². The summed E-state index contributed by atoms with van der Waals surface area (Å²) in [6.45, 7) is 5.14. The molecule has 3 saturated heterocycles. The van der Waals surface area contributed by atoms with Crippen molar-refractivity contribution in [2.75, 3.05) is 26.2 Å². The molecular weight excluding hydrogens is 398 g/mol. The van der Waals surface area contributed by atoms with Crippen LogP contribution in [0.1, 0.15) is 43.2 Å². The molecule has 3 heteroatoms. The van der Waals surface area contributed by atoms with Crippen molar-refractivity contribution in [2.45, 2.75) is 37.7 Å². The predicted molar refractivity (Wildman–Crippen MR) is 105 cm³/mol. The quantitative estimate of drug-likeness (QED) is 0.713. The summed E-state index contributed by atoms with van der Waals surface area (Å²) in [4.78, 5) is 0. The van der Waals surface area contributed by atoms with E-state index in [1.807, 2.05) is 12.1 Å². The zero-order valence-corrected chi connectivity index (χ0v) is 17.6. The van der Waals surface area contributed by atoms with Gasteiger partial charge in [0.05, 0.1) is 26.2 Å². The van der Waals surface area contributed by atoms with Gasteiger partial charge in [-0.1, -0.05) is 60.7 Å². The second-order valence-corrected chi connectivity index (χ2v) is 9.11. The number of quaternary nitrogens is 1. The average Bonchev–Trinajstić information content (AvgIpc) is 3.53. The summed E-state index contributed by atoms with van der Waals surface area (Å²) in [5.74, 6) is 0.989. The van der Waals surface area contributed by atoms with Crippen LogP contribution >= 0.6 is 0 Å². The molecule has 27 heavy (non-hydrogen) atoms. The van der Waals surface area contributed by atoms with Gasteiger partial charge < -0.3 is 26.6 Å². The highest BCUT2D eigenvalue weighted by Crippen LogP contribution is 2.57. The smallest absolute Gasteiger partial charge is 0.121 e. The van der Waals surface area contributed by atoms with Crippen molar-refractivity contribution in [3.63, 3.8) is 0 Å². The first-order valence-electron chi connectivity index (χ1n) is 10.3. The molecule has 4 fully saturated rings. The number of benzene rings is 2. The van der Waals surface area contributed by atoms with E-state index in [-0.39, 0.29) is 22.4 Å². The van der Waals surface area contributed by atoms with Crippen LogP contribution in [0, 0.1) is 11.3 Å². The van der Waals surface area contributed by atoms with E-state index in [1.54, 1.807) is 0 Å². The van der Waals surface area contributed by atoms with Crippen LogP contribution in [0.15, 0.2) is 60.7 Å². The molecule has 2 aromatic rings. The van der Waals surface area contributed by atoms with Crippen LogP contribution in [0.5, 0.6) is 0 Å². The Balaban J connectivity index is 0.00000180. The van der Waals surface area contributed by atoms with Crippen molar-refractivity contribution in [3.8, 4) is 0 Å². The first kappa shape index (κ1) is 19.2. The monoisotopic (exact) mass is 427 g/mol. The van der Waals surface area contributed by atoms with E-state index in [0.29, 0.717) is 0 Å². The van der Waals surface area contributed by atoms with Gasteiger partial charge in [0.15, 0.2) is 0 Å². The zero-order chi connectivity index (χ0) is 17.7. The fourth-order valence-electron chi connectivity index (χ4n) is 5.87. The molecule has 3 heterocycles. The molecule has 0 radical (unpaired) electrons. The molecule has 2 bridgehead atoms. The zero-order valence-electron chi connectivity index (χ0n) is 16.0. The predicted octanol–water partition coefficient (Wildman–Crippen LogP) is 1.34. The third-order valence-corrected chi connectivity index (χ3v) is 7.69. The summed E-state index contributed by atoms with van der Waals surface area (Å²) in [6.07, 6.45) is 6.31. The molecule has 0 spiro atoms. The Labute approximate surface area is 173 Å². The van der Waals surface area contributed by atoms with Gasteiger partial charge in [-0.2, -0.15) is 0 Å². The van der Waals surface area contributed by atoms with Crippen LogP contribution in [0.3, 0.4) is 0 Å². The first-order chi connectivity index (χ1) is 12.7. The molecule has 0 amide bonds. The van der Waals surface area contributed by atoms with Gasteiger partial charge in [0.2, 0.25) is 0 Å². The van der Waals surface area contributed by atoms with E-state index in [1.165, 1.54) is 43.5 Å². The Morgan fingerprint density at radius 2 is 1.26 bits per heavy atom. The molecule has 144 valence electrons. The van der Waals surface area contributed by atoms with Crippen LogP contribution in [0.4, 0.5) is 0 Å². The maximum absolute atomic E-state index is 12.3. The summed E-state index contributed by atoms with van der Waals surface area (Å²) in [5.41, 5.74) is 1.22. The van der Waals surface area contributed by atoms with Crippen LogP contribution in [0.2, 0.25) is 0 Å². The average molecular weight is 428 g/mol. The third-order valence-electron chi connectivity index (χ3n) is 7.69. The Morgan fingerprint density at radius 1 is 0.815 bits per heavy atom. The molecular formula is C24H30BrNO. The first-order valence-corrected chi connectivity index (χ1v) is 10.3. The molecule has 6 rings (SSSR count). The Hall–Kier alpha value is -1.16. The fourth-order valence-corrected chi connectivity index (χ4v) is 5.87. The minimum Gasteiger partial charge on any atom is -1.00 e. The van der Waals surface area contributed by atoms with Crippen molar-refractivity contribution in [1.29, 1.82) is 0 Å². The summed E-state index contributed by atoms with van der Waals surface area (Å²) in [7, 11) is 0. The van der Waals surface area contributed by atoms with Crippen LogP contribution in [-0.4, -0.2) is 35.8 Å². The normalized spacial score (nSPS) is 30.0. The van der Waals surface area contributed by atoms with Gasteiger partial charge in [0.25, 0.3) is 0 Å². The summed E-state index contributed by atoms with van der Waals surface area (Å²) < 4.78 is 1.33. The number of nitrogens with zero attached hydrogens (tertiary/aromatic N) is 1. The highest BCUT2D eigenvalue weighted by molar-refractivity contribution is 5.39. The molecule has 1 aliphatic carbocycles. The number of fused-ring (bicyclic) bond motifs is 3. The molecule has 2 nitrogen and oxygen atoms in total. The second kappa shape index (κ2) is 7.02. The van der Waals surface area contributed by atoms with Crippen molar-refractivity contribution < 1.29 is 26.6 Å². The van der Waals surface area contributed by atoms with Crippen molar-refractivity contribution in [3.05, 3.63) is 71.8 Å². The van der Waals surface area contributed by atoms with Crippen LogP contribution in [0.25, 0.3) is 0 Å². The van der Waals surface area contributed by atoms with Gasteiger partial charge in [-0.25, -0.2) is 0 Å². The molecule has 4 aliphatic rings. The number of hydrogen-bond acceptors (Lipinski definition) is 1. The number of halogens is 1. The summed E-state index contributed by atoms with van der Waals surface area (Å²) in [5, 5.41) is 12.3. The minimum absolute atomic E-state index is 0. The lowest BCUT2D eigenvalue weighted by molar-refractivity contribution is -0.947. The maximum Gasteiger partial charge on any atom is 0.121 e. The Kier molecular flexibility index (Phi) is 4.99. The molecule has 2 aromatic carbocycles. The lowest BCUT2D eigenvalue weighted by atomic mass is 9.56. The number of rotatable bonds is 5. The van der Waals surface area contributed by atoms with Gasteiger partial charge in [-0.3, -0.25) is 0 Å². The molecule has 0 aromatic heterocycles. The highest BCUT2D eigenvalue weighted by atomic mass is 79.9. The topological polar surface area (TPSA) is 20.2 Å². The van der Waals surface area contributed by atoms with Gasteiger partial charge in [-0.15, -0.1) is 0 Å². The number of piperidine rings is 3. The lowest BCUT2D eigenvalue weighted by Gasteiger charge is -2.60. The van der Waals surface area contributed by atoms with Gasteiger partial charge in [-0.05, 0) is 24.0 Å². The number of hydrogen-bond donors (Lipinski definition) is 1. The fraction of sp³-hybridized carbons (Fsp3) is 0.500. The summed E-state index contributed by atoms with van der Waals surface area (Å²) in [6, 6.07) is 20.9. The molecule has 1 N–H and O–H groups in total. The van der Waals surface area contributed by atoms with Crippen LogP contribution in [-0.2, 0) is 5.60 Å². The maximum atomic E-state index is 12.3. The van der Waals surface area contributed by atoms with E-state index in [2.05, 4.69) is 48.5 Å². The van der Waals surface area contributed by atoms with Gasteiger partial charge in [0.1, 0.15) is 5.60 Å². The Bertz CT molecular complexity index is 707. The van der Waals surface area contributed by atoms with E-state index >= 15 is 0 Å². The summed E-state index contributed by atoms with van der Waals surface area (Å²) >= 11 is 0. The van der Waals surface area contributed by atoms with Crippen molar-refractivity contribution in [2.24, 2.45) is 11.3 Å². The second-order valence-electron chi connectivity index (χ2n) is 9.11.